The normalized spacial score (nSPS) is 30.5. The van der Waals surface area contributed by atoms with Crippen molar-refractivity contribution < 1.29 is 9.18 Å². The molecular weight excluding hydrogens is 353 g/mol. The molecule has 5 heteroatoms. The minimum absolute atomic E-state index is 0.00682. The number of nitrogens with zero attached hydrogens (tertiary/aromatic N) is 1. The molecule has 2 bridgehead atoms. The van der Waals surface area contributed by atoms with Gasteiger partial charge in [0.15, 0.2) is 0 Å². The van der Waals surface area contributed by atoms with E-state index >= 15 is 0 Å². The van der Waals surface area contributed by atoms with Gasteiger partial charge in [0.05, 0.1) is 6.04 Å². The lowest BCUT2D eigenvalue weighted by Crippen LogP contribution is -2.49. The van der Waals surface area contributed by atoms with E-state index in [0.29, 0.717) is 12.5 Å². The molecule has 3 fully saturated rings. The standard InChI is InChI=1S/C23H26FN3O/c1-25-23-12-17(13-23)20(14-23)26-22(28)27-11-10-15-4-2-3-5-19(15)21(27)16-6-8-18(24)9-7-16/h2-9,17,20-21,25H,10-14H2,1H3,(H,26,28)/t17?,20-,21-,23?/m0/s1. The third kappa shape index (κ3) is 2.80. The van der Waals surface area contributed by atoms with E-state index in [1.54, 1.807) is 12.1 Å². The topological polar surface area (TPSA) is 44.4 Å². The van der Waals surface area contributed by atoms with Crippen LogP contribution in [0.25, 0.3) is 0 Å². The van der Waals surface area contributed by atoms with Crippen molar-refractivity contribution in [3.05, 3.63) is 71.0 Å². The van der Waals surface area contributed by atoms with Gasteiger partial charge < -0.3 is 15.5 Å². The lowest BCUT2D eigenvalue weighted by molar-refractivity contribution is 0.169. The molecular formula is C23H26FN3O. The largest absolute Gasteiger partial charge is 0.335 e. The summed E-state index contributed by atoms with van der Waals surface area (Å²) < 4.78 is 13.5. The molecule has 0 unspecified atom stereocenters. The van der Waals surface area contributed by atoms with Crippen molar-refractivity contribution in [2.45, 2.75) is 43.3 Å². The summed E-state index contributed by atoms with van der Waals surface area (Å²) in [4.78, 5) is 15.2. The van der Waals surface area contributed by atoms with E-state index in [-0.39, 0.29) is 29.5 Å². The van der Waals surface area contributed by atoms with Crippen LogP contribution < -0.4 is 10.6 Å². The number of urea groups is 1. The molecule has 2 N–H and O–H groups in total. The number of halogens is 1. The molecule has 1 aliphatic heterocycles. The molecule has 146 valence electrons. The van der Waals surface area contributed by atoms with Crippen LogP contribution >= 0.6 is 0 Å². The Bertz CT molecular complexity index is 891. The van der Waals surface area contributed by atoms with Crippen molar-refractivity contribution >= 4 is 6.03 Å². The van der Waals surface area contributed by atoms with E-state index in [0.717, 1.165) is 36.8 Å². The number of rotatable bonds is 3. The molecule has 0 saturated heterocycles. The van der Waals surface area contributed by atoms with Crippen molar-refractivity contribution in [3.63, 3.8) is 0 Å². The van der Waals surface area contributed by atoms with E-state index in [4.69, 9.17) is 0 Å². The second kappa shape index (κ2) is 6.59. The molecule has 28 heavy (non-hydrogen) atoms. The number of benzene rings is 2. The zero-order valence-electron chi connectivity index (χ0n) is 16.1. The summed E-state index contributed by atoms with van der Waals surface area (Å²) >= 11 is 0. The minimum Gasteiger partial charge on any atom is -0.335 e. The number of amides is 2. The number of hydrogen-bond acceptors (Lipinski definition) is 2. The van der Waals surface area contributed by atoms with Gasteiger partial charge >= 0.3 is 6.03 Å². The van der Waals surface area contributed by atoms with Crippen LogP contribution in [-0.2, 0) is 6.42 Å². The number of carbonyl (C=O) groups excluding carboxylic acids is 1. The van der Waals surface area contributed by atoms with Gasteiger partial charge in [-0.05, 0) is 67.5 Å². The Balaban J connectivity index is 1.42. The summed E-state index contributed by atoms with van der Waals surface area (Å²) in [7, 11) is 2.02. The van der Waals surface area contributed by atoms with Crippen molar-refractivity contribution in [1.82, 2.24) is 15.5 Å². The molecule has 2 aromatic rings. The van der Waals surface area contributed by atoms with E-state index in [9.17, 15) is 9.18 Å². The Hall–Kier alpha value is -2.40. The van der Waals surface area contributed by atoms with Crippen LogP contribution in [0.1, 0.15) is 42.0 Å². The minimum atomic E-state index is -0.257. The van der Waals surface area contributed by atoms with Crippen LogP contribution in [0.5, 0.6) is 0 Å². The highest BCUT2D eigenvalue weighted by Gasteiger charge is 2.55. The van der Waals surface area contributed by atoms with Crippen LogP contribution in [0.15, 0.2) is 48.5 Å². The Morgan fingerprint density at radius 2 is 1.86 bits per heavy atom. The first-order chi connectivity index (χ1) is 13.6. The predicted molar refractivity (Wildman–Crippen MR) is 107 cm³/mol. The third-order valence-corrected chi connectivity index (χ3v) is 7.05. The van der Waals surface area contributed by atoms with Crippen molar-refractivity contribution in [3.8, 4) is 0 Å². The van der Waals surface area contributed by atoms with Gasteiger partial charge in [0.2, 0.25) is 0 Å². The van der Waals surface area contributed by atoms with E-state index in [1.165, 1.54) is 17.7 Å². The predicted octanol–water partition coefficient (Wildman–Crippen LogP) is 3.62. The SMILES string of the molecule is CNC12CC(C1)[C@@H](NC(=O)N1CCc3ccccc3[C@@H]1c1ccc(F)cc1)C2. The van der Waals surface area contributed by atoms with Gasteiger partial charge in [-0.3, -0.25) is 0 Å². The monoisotopic (exact) mass is 379 g/mol. The first-order valence-corrected chi connectivity index (χ1v) is 10.2. The molecule has 2 amide bonds. The number of hydrogen-bond donors (Lipinski definition) is 2. The summed E-state index contributed by atoms with van der Waals surface area (Å²) in [6.07, 6.45) is 4.15. The quantitative estimate of drug-likeness (QED) is 0.856. The maximum Gasteiger partial charge on any atom is 0.318 e. The second-order valence-corrected chi connectivity index (χ2v) is 8.56. The van der Waals surface area contributed by atoms with Crippen LogP contribution in [0.4, 0.5) is 9.18 Å². The summed E-state index contributed by atoms with van der Waals surface area (Å²) in [5, 5.41) is 6.76. The first-order valence-electron chi connectivity index (χ1n) is 10.2. The van der Waals surface area contributed by atoms with E-state index < -0.39 is 0 Å². The van der Waals surface area contributed by atoms with Gasteiger partial charge in [0, 0.05) is 18.1 Å². The van der Waals surface area contributed by atoms with Crippen LogP contribution in [0.2, 0.25) is 0 Å². The van der Waals surface area contributed by atoms with Crippen molar-refractivity contribution in [2.24, 2.45) is 5.92 Å². The second-order valence-electron chi connectivity index (χ2n) is 8.56. The number of carbonyl (C=O) groups is 1. The molecule has 2 atom stereocenters. The van der Waals surface area contributed by atoms with Crippen LogP contribution in [0, 0.1) is 11.7 Å². The van der Waals surface area contributed by atoms with Crippen LogP contribution in [-0.4, -0.2) is 36.1 Å². The maximum atomic E-state index is 13.5. The highest BCUT2D eigenvalue weighted by Crippen LogP contribution is 2.51. The molecule has 4 nitrogen and oxygen atoms in total. The van der Waals surface area contributed by atoms with Crippen molar-refractivity contribution in [2.75, 3.05) is 13.6 Å². The Morgan fingerprint density at radius 3 is 2.57 bits per heavy atom. The van der Waals surface area contributed by atoms with Gasteiger partial charge in [-0.1, -0.05) is 36.4 Å². The zero-order valence-corrected chi connectivity index (χ0v) is 16.1. The van der Waals surface area contributed by atoms with Gasteiger partial charge in [0.1, 0.15) is 5.82 Å². The van der Waals surface area contributed by atoms with E-state index in [2.05, 4.69) is 22.8 Å². The average molecular weight is 379 g/mol. The average Bonchev–Trinajstić information content (AvgIpc) is 3.22. The number of nitrogens with one attached hydrogen (secondary N) is 2. The first kappa shape index (κ1) is 17.7. The Labute approximate surface area is 165 Å². The number of fused-ring (bicyclic) bond motifs is 2. The zero-order chi connectivity index (χ0) is 19.3. The molecule has 6 rings (SSSR count). The fourth-order valence-corrected chi connectivity index (χ4v) is 5.49. The van der Waals surface area contributed by atoms with Crippen molar-refractivity contribution in [1.29, 1.82) is 0 Å². The molecule has 0 radical (unpaired) electrons. The van der Waals surface area contributed by atoms with Gasteiger partial charge in [-0.25, -0.2) is 9.18 Å². The highest BCUT2D eigenvalue weighted by molar-refractivity contribution is 5.76. The fraction of sp³-hybridized carbons (Fsp3) is 0.435. The highest BCUT2D eigenvalue weighted by atomic mass is 19.1. The molecule has 3 aliphatic carbocycles. The molecule has 0 aromatic heterocycles. The third-order valence-electron chi connectivity index (χ3n) is 7.05. The lowest BCUT2D eigenvalue weighted by atomic mass is 9.77. The van der Waals surface area contributed by atoms with Crippen LogP contribution in [0.3, 0.4) is 0 Å². The summed E-state index contributed by atoms with van der Waals surface area (Å²) in [5.74, 6) is 0.324. The molecule has 2 aromatic carbocycles. The van der Waals surface area contributed by atoms with Gasteiger partial charge in [-0.15, -0.1) is 0 Å². The Morgan fingerprint density at radius 1 is 1.11 bits per heavy atom. The molecule has 1 heterocycles. The summed E-state index contributed by atoms with van der Waals surface area (Å²) in [5.41, 5.74) is 3.58. The fourth-order valence-electron chi connectivity index (χ4n) is 5.49. The molecule has 4 aliphatic rings. The maximum absolute atomic E-state index is 13.5. The smallest absolute Gasteiger partial charge is 0.318 e. The van der Waals surface area contributed by atoms with E-state index in [1.807, 2.05) is 24.1 Å². The molecule has 3 saturated carbocycles. The summed E-state index contributed by atoms with van der Waals surface area (Å²) in [6, 6.07) is 14.9. The Kier molecular flexibility index (Phi) is 4.16. The summed E-state index contributed by atoms with van der Waals surface area (Å²) in [6.45, 7) is 0.666. The van der Waals surface area contributed by atoms with Gasteiger partial charge in [0.25, 0.3) is 0 Å². The van der Waals surface area contributed by atoms with Gasteiger partial charge in [-0.2, -0.15) is 0 Å². The lowest BCUT2D eigenvalue weighted by Gasteiger charge is -2.39. The molecule has 0 spiro atoms.